The third-order valence-corrected chi connectivity index (χ3v) is 2.58. The van der Waals surface area contributed by atoms with Gasteiger partial charge in [-0.15, -0.1) is 0 Å². The quantitative estimate of drug-likeness (QED) is 0.416. The molecule has 122 valence electrons. The summed E-state index contributed by atoms with van der Waals surface area (Å²) in [6, 6.07) is -0.993. The molecule has 0 heterocycles. The van der Waals surface area contributed by atoms with Crippen molar-refractivity contribution < 1.29 is 23.9 Å². The highest BCUT2D eigenvalue weighted by Crippen LogP contribution is 2.05. The average Bonchev–Trinajstić information content (AvgIpc) is 2.41. The van der Waals surface area contributed by atoms with Crippen LogP contribution in [0.15, 0.2) is 29.3 Å². The standard InChI is InChI=1S/C15H22N2O5/c1-8(2)13(18)10(5)21-7-12(17-15(16)20)22-11(6)14(19)9(3)4/h10-11H,1,3,7H2,2,4-6H3,(H2,16,20)/b17-12-. The summed E-state index contributed by atoms with van der Waals surface area (Å²) in [5.74, 6) is -0.816. The van der Waals surface area contributed by atoms with Crippen molar-refractivity contribution in [2.45, 2.75) is 39.9 Å². The van der Waals surface area contributed by atoms with E-state index < -0.39 is 18.2 Å². The molecule has 2 unspecified atom stereocenters. The summed E-state index contributed by atoms with van der Waals surface area (Å²) in [6.07, 6.45) is -1.68. The molecule has 0 spiro atoms. The highest BCUT2D eigenvalue weighted by Gasteiger charge is 2.20. The van der Waals surface area contributed by atoms with E-state index in [4.69, 9.17) is 15.2 Å². The molecule has 0 aromatic carbocycles. The second kappa shape index (κ2) is 8.89. The van der Waals surface area contributed by atoms with Crippen LogP contribution in [-0.2, 0) is 19.1 Å². The number of aliphatic imine (C=N–C) groups is 1. The number of Topliss-reactive ketones (excluding diaryl/α,β-unsaturated/α-hetero) is 2. The lowest BCUT2D eigenvalue weighted by Gasteiger charge is -2.17. The predicted molar refractivity (Wildman–Crippen MR) is 82.6 cm³/mol. The van der Waals surface area contributed by atoms with E-state index in [2.05, 4.69) is 18.2 Å². The van der Waals surface area contributed by atoms with Crippen LogP contribution in [-0.4, -0.2) is 42.3 Å². The van der Waals surface area contributed by atoms with E-state index in [1.54, 1.807) is 6.92 Å². The van der Waals surface area contributed by atoms with Gasteiger partial charge in [0.05, 0.1) is 0 Å². The number of hydrogen-bond donors (Lipinski definition) is 1. The lowest BCUT2D eigenvalue weighted by atomic mass is 10.1. The Morgan fingerprint density at radius 1 is 1.05 bits per heavy atom. The normalized spacial score (nSPS) is 13.9. The summed E-state index contributed by atoms with van der Waals surface area (Å²) in [4.78, 5) is 37.7. The largest absolute Gasteiger partial charge is 0.468 e. The molecule has 7 heteroatoms. The number of carbonyl (C=O) groups excluding carboxylic acids is 3. The molecule has 2 N–H and O–H groups in total. The average molecular weight is 310 g/mol. The van der Waals surface area contributed by atoms with Crippen molar-refractivity contribution in [3.63, 3.8) is 0 Å². The third-order valence-electron chi connectivity index (χ3n) is 2.58. The highest BCUT2D eigenvalue weighted by atomic mass is 16.5. The van der Waals surface area contributed by atoms with Crippen molar-refractivity contribution in [1.82, 2.24) is 0 Å². The molecule has 0 aromatic rings. The molecule has 0 radical (unpaired) electrons. The van der Waals surface area contributed by atoms with Gasteiger partial charge in [0.2, 0.25) is 5.90 Å². The summed E-state index contributed by atoms with van der Waals surface area (Å²) < 4.78 is 10.5. The second-order valence-electron chi connectivity index (χ2n) is 4.85. The Hall–Kier alpha value is -2.28. The first-order valence-electron chi connectivity index (χ1n) is 6.61. The highest BCUT2D eigenvalue weighted by molar-refractivity contribution is 6.00. The molecule has 2 amide bonds. The molecule has 0 aromatic heterocycles. The van der Waals surface area contributed by atoms with E-state index in [0.717, 1.165) is 0 Å². The fourth-order valence-corrected chi connectivity index (χ4v) is 1.44. The van der Waals surface area contributed by atoms with Crippen molar-refractivity contribution in [1.29, 1.82) is 0 Å². The van der Waals surface area contributed by atoms with Crippen LogP contribution in [0.25, 0.3) is 0 Å². The van der Waals surface area contributed by atoms with Crippen LogP contribution in [0.5, 0.6) is 0 Å². The Morgan fingerprint density at radius 2 is 1.50 bits per heavy atom. The second-order valence-corrected chi connectivity index (χ2v) is 4.85. The number of carbonyl (C=O) groups is 3. The Labute approximate surface area is 129 Å². The van der Waals surface area contributed by atoms with Gasteiger partial charge in [-0.3, -0.25) is 9.59 Å². The van der Waals surface area contributed by atoms with E-state index in [-0.39, 0.29) is 24.1 Å². The van der Waals surface area contributed by atoms with E-state index in [1.165, 1.54) is 20.8 Å². The van der Waals surface area contributed by atoms with Crippen molar-refractivity contribution in [2.75, 3.05) is 6.61 Å². The molecule has 7 nitrogen and oxygen atoms in total. The Morgan fingerprint density at radius 3 is 1.91 bits per heavy atom. The summed E-state index contributed by atoms with van der Waals surface area (Å²) >= 11 is 0. The molecule has 22 heavy (non-hydrogen) atoms. The first-order valence-corrected chi connectivity index (χ1v) is 6.61. The van der Waals surface area contributed by atoms with Crippen molar-refractivity contribution >= 4 is 23.5 Å². The molecule has 0 aliphatic carbocycles. The molecule has 0 saturated carbocycles. The molecule has 0 fully saturated rings. The van der Waals surface area contributed by atoms with Crippen LogP contribution in [0.1, 0.15) is 27.7 Å². The van der Waals surface area contributed by atoms with Gasteiger partial charge in [-0.25, -0.2) is 4.79 Å². The van der Waals surface area contributed by atoms with Gasteiger partial charge in [0.25, 0.3) is 0 Å². The van der Waals surface area contributed by atoms with Gasteiger partial charge < -0.3 is 15.2 Å². The summed E-state index contributed by atoms with van der Waals surface area (Å²) in [5, 5.41) is 0. The van der Waals surface area contributed by atoms with Crippen LogP contribution >= 0.6 is 0 Å². The van der Waals surface area contributed by atoms with E-state index >= 15 is 0 Å². The number of urea groups is 1. The number of nitrogens with two attached hydrogens (primary N) is 1. The van der Waals surface area contributed by atoms with E-state index in [9.17, 15) is 14.4 Å². The zero-order chi connectivity index (χ0) is 17.4. The minimum absolute atomic E-state index is 0.184. The lowest BCUT2D eigenvalue weighted by Crippen LogP contribution is -2.31. The van der Waals surface area contributed by atoms with Gasteiger partial charge in [0.1, 0.15) is 12.7 Å². The SMILES string of the molecule is C=C(C)C(=O)C(C)OC/C(=N/C(N)=O)OC(C)C(=O)C(=C)C. The number of rotatable bonds is 8. The minimum Gasteiger partial charge on any atom is -0.468 e. The van der Waals surface area contributed by atoms with Crippen molar-refractivity contribution in [3.05, 3.63) is 24.3 Å². The molecule has 0 saturated heterocycles. The predicted octanol–water partition coefficient (Wildman–Crippen LogP) is 1.56. The first-order chi connectivity index (χ1) is 10.1. The summed E-state index contributed by atoms with van der Waals surface area (Å²) in [5.41, 5.74) is 5.62. The monoisotopic (exact) mass is 310 g/mol. The number of primary amides is 1. The molecule has 0 aliphatic heterocycles. The molecular weight excluding hydrogens is 288 g/mol. The summed E-state index contributed by atoms with van der Waals surface area (Å²) in [6.45, 7) is 12.9. The van der Waals surface area contributed by atoms with Gasteiger partial charge in [0, 0.05) is 0 Å². The number of amides is 2. The molecule has 0 bridgehead atoms. The smallest absolute Gasteiger partial charge is 0.341 e. The number of nitrogens with zero attached hydrogens (tertiary/aromatic N) is 1. The number of ketones is 2. The fourth-order valence-electron chi connectivity index (χ4n) is 1.44. The Bertz CT molecular complexity index is 522. The van der Waals surface area contributed by atoms with Gasteiger partial charge in [-0.2, -0.15) is 4.99 Å². The summed E-state index contributed by atoms with van der Waals surface area (Å²) in [7, 11) is 0. The van der Waals surface area contributed by atoms with Gasteiger partial charge in [-0.1, -0.05) is 13.2 Å². The number of hydrogen-bond acceptors (Lipinski definition) is 5. The van der Waals surface area contributed by atoms with E-state index in [0.29, 0.717) is 11.1 Å². The Kier molecular flexibility index (Phi) is 7.96. The number of ether oxygens (including phenoxy) is 2. The fraction of sp³-hybridized carbons (Fsp3) is 0.467. The maximum Gasteiger partial charge on any atom is 0.341 e. The zero-order valence-corrected chi connectivity index (χ0v) is 13.3. The van der Waals surface area contributed by atoms with Crippen LogP contribution < -0.4 is 5.73 Å². The molecule has 2 atom stereocenters. The lowest BCUT2D eigenvalue weighted by molar-refractivity contribution is -0.125. The van der Waals surface area contributed by atoms with Crippen LogP contribution in [0, 0.1) is 0 Å². The maximum absolute atomic E-state index is 11.7. The van der Waals surface area contributed by atoms with Crippen molar-refractivity contribution in [2.24, 2.45) is 10.7 Å². The molecule has 0 rings (SSSR count). The van der Waals surface area contributed by atoms with Crippen LogP contribution in [0.2, 0.25) is 0 Å². The third kappa shape index (κ3) is 6.94. The van der Waals surface area contributed by atoms with Gasteiger partial charge in [-0.05, 0) is 38.8 Å². The topological polar surface area (TPSA) is 108 Å². The first kappa shape index (κ1) is 19.7. The zero-order valence-electron chi connectivity index (χ0n) is 13.3. The Balaban J connectivity index is 4.85. The van der Waals surface area contributed by atoms with E-state index in [1.807, 2.05) is 0 Å². The van der Waals surface area contributed by atoms with Crippen LogP contribution in [0.4, 0.5) is 4.79 Å². The van der Waals surface area contributed by atoms with Gasteiger partial charge >= 0.3 is 6.03 Å². The van der Waals surface area contributed by atoms with Gasteiger partial charge in [0.15, 0.2) is 17.7 Å². The molecule has 0 aliphatic rings. The molecular formula is C15H22N2O5. The maximum atomic E-state index is 11.7. The minimum atomic E-state index is -0.993. The van der Waals surface area contributed by atoms with Crippen LogP contribution in [0.3, 0.4) is 0 Å². The van der Waals surface area contributed by atoms with Crippen molar-refractivity contribution in [3.8, 4) is 0 Å².